The summed E-state index contributed by atoms with van der Waals surface area (Å²) >= 11 is 12.7. The fourth-order valence-corrected chi connectivity index (χ4v) is 2.35. The molecule has 0 amide bonds. The van der Waals surface area contributed by atoms with Gasteiger partial charge in [-0.05, 0) is 31.2 Å². The lowest BCUT2D eigenvalue weighted by Gasteiger charge is -2.08. The molecule has 0 aromatic heterocycles. The number of ether oxygens (including phenoxy) is 2. The highest BCUT2D eigenvalue weighted by Gasteiger charge is 2.17. The van der Waals surface area contributed by atoms with Crippen LogP contribution in [-0.2, 0) is 14.3 Å². The van der Waals surface area contributed by atoms with Gasteiger partial charge in [0.15, 0.2) is 0 Å². The Labute approximate surface area is 131 Å². The fraction of sp³-hybridized carbons (Fsp3) is 0.385. The smallest absolute Gasteiger partial charge is 0.324 e. The lowest BCUT2D eigenvalue weighted by Crippen LogP contribution is -2.21. The van der Waals surface area contributed by atoms with E-state index in [0.29, 0.717) is 10.8 Å². The first-order valence-corrected chi connectivity index (χ1v) is 7.84. The van der Waals surface area contributed by atoms with Crippen molar-refractivity contribution in [2.45, 2.75) is 12.3 Å². The van der Waals surface area contributed by atoms with E-state index in [1.165, 1.54) is 11.8 Å². The van der Waals surface area contributed by atoms with E-state index in [1.807, 2.05) is 0 Å². The van der Waals surface area contributed by atoms with Crippen molar-refractivity contribution in [2.24, 2.45) is 0 Å². The number of hydrogen-bond acceptors (Lipinski definition) is 5. The van der Waals surface area contributed by atoms with Crippen LogP contribution in [0.3, 0.4) is 0 Å². The molecule has 0 fully saturated rings. The second-order valence-corrected chi connectivity index (χ2v) is 5.66. The number of hydrogen-bond donors (Lipinski definition) is 0. The minimum atomic E-state index is -0.761. The van der Waals surface area contributed by atoms with E-state index in [-0.39, 0.29) is 18.1 Å². The first kappa shape index (κ1) is 17.1. The van der Waals surface area contributed by atoms with Crippen LogP contribution in [0.4, 0.5) is 0 Å². The number of rotatable bonds is 7. The lowest BCUT2D eigenvalue weighted by atomic mass is 10.3. The predicted molar refractivity (Wildman–Crippen MR) is 80.7 cm³/mol. The predicted octanol–water partition coefficient (Wildman–Crippen LogP) is 3.15. The molecule has 0 radical (unpaired) electrons. The van der Waals surface area contributed by atoms with Crippen molar-refractivity contribution in [3.63, 3.8) is 0 Å². The molecule has 0 saturated heterocycles. The van der Waals surface area contributed by atoms with Crippen molar-refractivity contribution in [3.05, 3.63) is 29.3 Å². The number of esters is 2. The summed E-state index contributed by atoms with van der Waals surface area (Å²) in [5.74, 6) is -0.0768. The SMILES string of the molecule is CCOC(=O)C(Cl)CSCC(=O)Oc1ccc(Cl)cc1. The Hall–Kier alpha value is -0.910. The van der Waals surface area contributed by atoms with Crippen LogP contribution < -0.4 is 4.74 Å². The highest BCUT2D eigenvalue weighted by atomic mass is 35.5. The normalized spacial score (nSPS) is 11.8. The van der Waals surface area contributed by atoms with Gasteiger partial charge >= 0.3 is 11.9 Å². The first-order chi connectivity index (χ1) is 9.52. The van der Waals surface area contributed by atoms with E-state index < -0.39 is 17.3 Å². The molecule has 1 unspecified atom stereocenters. The van der Waals surface area contributed by atoms with Crippen molar-refractivity contribution >= 4 is 46.9 Å². The lowest BCUT2D eigenvalue weighted by molar-refractivity contribution is -0.142. The third-order valence-electron chi connectivity index (χ3n) is 2.07. The quantitative estimate of drug-likeness (QED) is 0.435. The molecule has 0 aliphatic carbocycles. The second kappa shape index (κ2) is 9.10. The zero-order valence-corrected chi connectivity index (χ0v) is 13.1. The Morgan fingerprint density at radius 3 is 2.55 bits per heavy atom. The van der Waals surface area contributed by atoms with E-state index in [4.69, 9.17) is 32.7 Å². The average molecular weight is 337 g/mol. The monoisotopic (exact) mass is 336 g/mol. The molecule has 1 atom stereocenters. The van der Waals surface area contributed by atoms with Gasteiger partial charge in [-0.15, -0.1) is 23.4 Å². The molecule has 1 aromatic carbocycles. The van der Waals surface area contributed by atoms with Gasteiger partial charge in [-0.2, -0.15) is 0 Å². The van der Waals surface area contributed by atoms with Crippen LogP contribution in [0.1, 0.15) is 6.92 Å². The molecule has 20 heavy (non-hydrogen) atoms. The number of alkyl halides is 1. The van der Waals surface area contributed by atoms with Gasteiger partial charge in [-0.3, -0.25) is 9.59 Å². The van der Waals surface area contributed by atoms with E-state index >= 15 is 0 Å². The van der Waals surface area contributed by atoms with Gasteiger partial charge in [0.1, 0.15) is 11.1 Å². The minimum absolute atomic E-state index is 0.102. The molecule has 0 spiro atoms. The number of carbonyl (C=O) groups excluding carboxylic acids is 2. The Kier molecular flexibility index (Phi) is 7.80. The summed E-state index contributed by atoms with van der Waals surface area (Å²) in [7, 11) is 0. The Balaban J connectivity index is 2.26. The van der Waals surface area contributed by atoms with Crippen molar-refractivity contribution in [2.75, 3.05) is 18.1 Å². The molecule has 0 N–H and O–H groups in total. The zero-order valence-electron chi connectivity index (χ0n) is 10.8. The minimum Gasteiger partial charge on any atom is -0.465 e. The molecule has 1 aromatic rings. The highest BCUT2D eigenvalue weighted by molar-refractivity contribution is 8.00. The van der Waals surface area contributed by atoms with Gasteiger partial charge in [0.2, 0.25) is 0 Å². The fourth-order valence-electron chi connectivity index (χ4n) is 1.21. The maximum atomic E-state index is 11.5. The van der Waals surface area contributed by atoms with Gasteiger partial charge < -0.3 is 9.47 Å². The molecule has 1 rings (SSSR count). The summed E-state index contributed by atoms with van der Waals surface area (Å²) in [4.78, 5) is 22.8. The van der Waals surface area contributed by atoms with Crippen molar-refractivity contribution < 1.29 is 19.1 Å². The molecular weight excluding hydrogens is 323 g/mol. The number of thioether (sulfide) groups is 1. The molecule has 110 valence electrons. The van der Waals surface area contributed by atoms with Crippen LogP contribution in [0.2, 0.25) is 5.02 Å². The molecular formula is C13H14Cl2O4S. The van der Waals surface area contributed by atoms with Gasteiger partial charge in [0.05, 0.1) is 12.4 Å². The van der Waals surface area contributed by atoms with E-state index in [1.54, 1.807) is 31.2 Å². The van der Waals surface area contributed by atoms with Crippen LogP contribution in [0.25, 0.3) is 0 Å². The number of carbonyl (C=O) groups is 2. The van der Waals surface area contributed by atoms with Gasteiger partial charge in [0, 0.05) is 10.8 Å². The van der Waals surface area contributed by atoms with Gasteiger partial charge in [-0.25, -0.2) is 0 Å². The molecule has 0 aliphatic heterocycles. The summed E-state index contributed by atoms with van der Waals surface area (Å²) in [6.07, 6.45) is 0. The second-order valence-electron chi connectivity index (χ2n) is 3.66. The summed E-state index contributed by atoms with van der Waals surface area (Å²) in [5, 5.41) is -0.193. The highest BCUT2D eigenvalue weighted by Crippen LogP contribution is 2.17. The Bertz CT molecular complexity index is 450. The first-order valence-electron chi connectivity index (χ1n) is 5.87. The summed E-state index contributed by atoms with van der Waals surface area (Å²) < 4.78 is 9.84. The third kappa shape index (κ3) is 6.50. The summed E-state index contributed by atoms with van der Waals surface area (Å²) in [6, 6.07) is 6.47. The summed E-state index contributed by atoms with van der Waals surface area (Å²) in [5.41, 5.74) is 0. The molecule has 0 saturated carbocycles. The molecule has 0 aliphatic rings. The van der Waals surface area contributed by atoms with Crippen molar-refractivity contribution in [3.8, 4) is 5.75 Å². The van der Waals surface area contributed by atoms with E-state index in [9.17, 15) is 9.59 Å². The maximum Gasteiger partial charge on any atom is 0.324 e. The Morgan fingerprint density at radius 1 is 1.30 bits per heavy atom. The summed E-state index contributed by atoms with van der Waals surface area (Å²) in [6.45, 7) is 1.99. The zero-order chi connectivity index (χ0) is 15.0. The number of halogens is 2. The van der Waals surface area contributed by atoms with Crippen LogP contribution in [0.15, 0.2) is 24.3 Å². The third-order valence-corrected chi connectivity index (χ3v) is 3.85. The van der Waals surface area contributed by atoms with Crippen LogP contribution in [0.5, 0.6) is 5.75 Å². The van der Waals surface area contributed by atoms with Gasteiger partial charge in [0.25, 0.3) is 0 Å². The van der Waals surface area contributed by atoms with E-state index in [0.717, 1.165) is 0 Å². The Morgan fingerprint density at radius 2 is 1.95 bits per heavy atom. The van der Waals surface area contributed by atoms with Crippen molar-refractivity contribution in [1.29, 1.82) is 0 Å². The molecule has 0 bridgehead atoms. The van der Waals surface area contributed by atoms with Crippen LogP contribution >= 0.6 is 35.0 Å². The molecule has 4 nitrogen and oxygen atoms in total. The molecule has 0 heterocycles. The standard InChI is InChI=1S/C13H14Cl2O4S/c1-2-18-13(17)11(15)7-20-8-12(16)19-10-5-3-9(14)4-6-10/h3-6,11H,2,7-8H2,1H3. The van der Waals surface area contributed by atoms with Crippen LogP contribution in [-0.4, -0.2) is 35.4 Å². The number of benzene rings is 1. The largest absolute Gasteiger partial charge is 0.465 e. The van der Waals surface area contributed by atoms with Crippen molar-refractivity contribution in [1.82, 2.24) is 0 Å². The van der Waals surface area contributed by atoms with Crippen LogP contribution in [0, 0.1) is 0 Å². The van der Waals surface area contributed by atoms with E-state index in [2.05, 4.69) is 0 Å². The topological polar surface area (TPSA) is 52.6 Å². The maximum absolute atomic E-state index is 11.5. The molecule has 7 heteroatoms. The van der Waals surface area contributed by atoms with Gasteiger partial charge in [-0.1, -0.05) is 11.6 Å². The average Bonchev–Trinajstić information content (AvgIpc) is 2.41.